The van der Waals surface area contributed by atoms with Gasteiger partial charge >= 0.3 is 5.97 Å². The number of carbonyl (C=O) groups excluding carboxylic acids is 1. The molecule has 110 valence electrons. The number of aliphatic carboxylic acids is 1. The number of thioether (sulfide) groups is 1. The van der Waals surface area contributed by atoms with E-state index in [4.69, 9.17) is 10.8 Å². The van der Waals surface area contributed by atoms with Gasteiger partial charge in [-0.1, -0.05) is 17.8 Å². The molecule has 21 heavy (non-hydrogen) atoms. The SMILES string of the molecule is CC(=O)Nc1cccc(-n2c(N)nnc2SCC(=O)O)c1. The first-order chi connectivity index (χ1) is 9.97. The Morgan fingerprint density at radius 2 is 2.19 bits per heavy atom. The Balaban J connectivity index is 2.34. The second-order valence-electron chi connectivity index (χ2n) is 4.09. The first kappa shape index (κ1) is 14.9. The number of carboxylic acids is 1. The predicted octanol–water partition coefficient (Wildman–Crippen LogP) is 0.985. The van der Waals surface area contributed by atoms with Crippen molar-refractivity contribution >= 4 is 35.3 Å². The average Bonchev–Trinajstić information content (AvgIpc) is 2.77. The highest BCUT2D eigenvalue weighted by molar-refractivity contribution is 7.99. The number of nitrogens with two attached hydrogens (primary N) is 1. The Hall–Kier alpha value is -2.55. The molecule has 2 rings (SSSR count). The second-order valence-corrected chi connectivity index (χ2v) is 5.03. The van der Waals surface area contributed by atoms with Crippen LogP contribution in [0.3, 0.4) is 0 Å². The minimum atomic E-state index is -0.958. The summed E-state index contributed by atoms with van der Waals surface area (Å²) in [5.41, 5.74) is 7.01. The van der Waals surface area contributed by atoms with E-state index in [1.165, 1.54) is 11.5 Å². The van der Waals surface area contributed by atoms with Gasteiger partial charge in [0.05, 0.1) is 11.4 Å². The lowest BCUT2D eigenvalue weighted by molar-refractivity contribution is -0.133. The molecule has 2 aromatic rings. The fourth-order valence-corrected chi connectivity index (χ4v) is 2.35. The molecule has 1 aromatic heterocycles. The van der Waals surface area contributed by atoms with E-state index in [2.05, 4.69) is 15.5 Å². The normalized spacial score (nSPS) is 10.3. The van der Waals surface area contributed by atoms with Crippen molar-refractivity contribution in [1.82, 2.24) is 14.8 Å². The lowest BCUT2D eigenvalue weighted by atomic mass is 10.2. The Bertz CT molecular complexity index is 685. The Morgan fingerprint density at radius 3 is 2.86 bits per heavy atom. The number of aromatic nitrogens is 3. The number of anilines is 2. The molecule has 0 atom stereocenters. The van der Waals surface area contributed by atoms with Crippen LogP contribution in [-0.4, -0.2) is 37.5 Å². The maximum absolute atomic E-state index is 11.1. The molecule has 1 heterocycles. The van der Waals surface area contributed by atoms with Crippen molar-refractivity contribution in [3.63, 3.8) is 0 Å². The number of nitrogen functional groups attached to an aromatic ring is 1. The molecule has 1 aromatic carbocycles. The van der Waals surface area contributed by atoms with Gasteiger partial charge in [0.2, 0.25) is 11.9 Å². The molecule has 9 heteroatoms. The maximum atomic E-state index is 11.1. The molecule has 0 aliphatic rings. The Morgan fingerprint density at radius 1 is 1.43 bits per heavy atom. The molecular formula is C12H13N5O3S. The maximum Gasteiger partial charge on any atom is 0.313 e. The molecule has 0 fully saturated rings. The summed E-state index contributed by atoms with van der Waals surface area (Å²) in [6, 6.07) is 6.93. The number of rotatable bonds is 5. The molecule has 0 unspecified atom stereocenters. The number of nitrogens with one attached hydrogen (secondary N) is 1. The zero-order valence-electron chi connectivity index (χ0n) is 11.1. The number of benzene rings is 1. The first-order valence-electron chi connectivity index (χ1n) is 5.91. The van der Waals surface area contributed by atoms with Crippen molar-refractivity contribution in [3.05, 3.63) is 24.3 Å². The van der Waals surface area contributed by atoms with Crippen LogP contribution in [0.5, 0.6) is 0 Å². The zero-order chi connectivity index (χ0) is 15.4. The lowest BCUT2D eigenvalue weighted by Crippen LogP contribution is -2.08. The quantitative estimate of drug-likeness (QED) is 0.703. The third-order valence-corrected chi connectivity index (χ3v) is 3.32. The minimum absolute atomic E-state index is 0.142. The minimum Gasteiger partial charge on any atom is -0.481 e. The van der Waals surface area contributed by atoms with E-state index >= 15 is 0 Å². The fourth-order valence-electron chi connectivity index (χ4n) is 1.67. The van der Waals surface area contributed by atoms with Gasteiger partial charge in [-0.25, -0.2) is 0 Å². The lowest BCUT2D eigenvalue weighted by Gasteiger charge is -2.09. The van der Waals surface area contributed by atoms with Gasteiger partial charge in [-0.3, -0.25) is 14.2 Å². The summed E-state index contributed by atoms with van der Waals surface area (Å²) >= 11 is 1.01. The van der Waals surface area contributed by atoms with Crippen LogP contribution in [0.4, 0.5) is 11.6 Å². The van der Waals surface area contributed by atoms with Crippen molar-refractivity contribution in [1.29, 1.82) is 0 Å². The molecule has 0 spiro atoms. The number of amides is 1. The van der Waals surface area contributed by atoms with Crippen LogP contribution in [-0.2, 0) is 9.59 Å². The summed E-state index contributed by atoms with van der Waals surface area (Å²) in [6.45, 7) is 1.41. The van der Waals surface area contributed by atoms with Crippen LogP contribution >= 0.6 is 11.8 Å². The molecule has 0 aliphatic heterocycles. The van der Waals surface area contributed by atoms with Gasteiger partial charge in [-0.05, 0) is 18.2 Å². The molecule has 1 amide bonds. The van der Waals surface area contributed by atoms with Gasteiger partial charge in [0, 0.05) is 12.6 Å². The van der Waals surface area contributed by atoms with Crippen LogP contribution in [0.25, 0.3) is 5.69 Å². The summed E-state index contributed by atoms with van der Waals surface area (Å²) in [5, 5.41) is 19.4. The van der Waals surface area contributed by atoms with E-state index in [-0.39, 0.29) is 17.6 Å². The van der Waals surface area contributed by atoms with Gasteiger partial charge in [0.25, 0.3) is 0 Å². The molecule has 0 aliphatic carbocycles. The highest BCUT2D eigenvalue weighted by Crippen LogP contribution is 2.24. The van der Waals surface area contributed by atoms with Crippen LogP contribution in [0.15, 0.2) is 29.4 Å². The van der Waals surface area contributed by atoms with Crippen molar-refractivity contribution in [3.8, 4) is 5.69 Å². The zero-order valence-corrected chi connectivity index (χ0v) is 11.9. The molecule has 4 N–H and O–H groups in total. The number of hydrogen-bond acceptors (Lipinski definition) is 6. The summed E-state index contributed by atoms with van der Waals surface area (Å²) in [7, 11) is 0. The van der Waals surface area contributed by atoms with Crippen LogP contribution in [0, 0.1) is 0 Å². The molecular weight excluding hydrogens is 294 g/mol. The van der Waals surface area contributed by atoms with Crippen molar-refractivity contribution in [2.45, 2.75) is 12.1 Å². The highest BCUT2D eigenvalue weighted by atomic mass is 32.2. The Labute approximate surface area is 124 Å². The largest absolute Gasteiger partial charge is 0.481 e. The molecule has 0 saturated carbocycles. The summed E-state index contributed by atoms with van der Waals surface area (Å²) in [6.07, 6.45) is 0. The number of carboxylic acid groups (broad SMARTS) is 1. The van der Waals surface area contributed by atoms with Crippen LogP contribution < -0.4 is 11.1 Å². The van der Waals surface area contributed by atoms with Crippen molar-refractivity contribution in [2.75, 3.05) is 16.8 Å². The van der Waals surface area contributed by atoms with E-state index in [9.17, 15) is 9.59 Å². The van der Waals surface area contributed by atoms with E-state index in [1.807, 2.05) is 0 Å². The predicted molar refractivity (Wildman–Crippen MR) is 78.4 cm³/mol. The van der Waals surface area contributed by atoms with Crippen LogP contribution in [0.1, 0.15) is 6.92 Å². The third-order valence-electron chi connectivity index (χ3n) is 2.41. The highest BCUT2D eigenvalue weighted by Gasteiger charge is 2.14. The standard InChI is InChI=1S/C12H13N5O3S/c1-7(18)14-8-3-2-4-9(5-8)17-11(13)15-16-12(17)21-6-10(19)20/h2-5H,6H2,1H3,(H2,13,15)(H,14,18)(H,19,20). The van der Waals surface area contributed by atoms with Gasteiger partial charge in [0.1, 0.15) is 0 Å². The Kier molecular flexibility index (Phi) is 4.43. The van der Waals surface area contributed by atoms with Gasteiger partial charge in [-0.15, -0.1) is 10.2 Å². The van der Waals surface area contributed by atoms with Gasteiger partial charge in [0.15, 0.2) is 5.16 Å². The van der Waals surface area contributed by atoms with E-state index < -0.39 is 5.97 Å². The van der Waals surface area contributed by atoms with Crippen molar-refractivity contribution < 1.29 is 14.7 Å². The molecule has 8 nitrogen and oxygen atoms in total. The summed E-state index contributed by atoms with van der Waals surface area (Å²) < 4.78 is 1.53. The second kappa shape index (κ2) is 6.27. The number of nitrogens with zero attached hydrogens (tertiary/aromatic N) is 3. The molecule has 0 saturated heterocycles. The molecule has 0 radical (unpaired) electrons. The number of carbonyl (C=O) groups is 2. The smallest absolute Gasteiger partial charge is 0.313 e. The first-order valence-corrected chi connectivity index (χ1v) is 6.89. The third kappa shape index (κ3) is 3.72. The van der Waals surface area contributed by atoms with E-state index in [1.54, 1.807) is 24.3 Å². The topological polar surface area (TPSA) is 123 Å². The van der Waals surface area contributed by atoms with E-state index in [0.717, 1.165) is 11.8 Å². The fraction of sp³-hybridized carbons (Fsp3) is 0.167. The van der Waals surface area contributed by atoms with Crippen molar-refractivity contribution in [2.24, 2.45) is 0 Å². The van der Waals surface area contributed by atoms with E-state index in [0.29, 0.717) is 16.5 Å². The summed E-state index contributed by atoms with van der Waals surface area (Å²) in [4.78, 5) is 21.7. The number of hydrogen-bond donors (Lipinski definition) is 3. The summed E-state index contributed by atoms with van der Waals surface area (Å²) in [5.74, 6) is -1.16. The molecule has 0 bridgehead atoms. The average molecular weight is 307 g/mol. The monoisotopic (exact) mass is 307 g/mol. The van der Waals surface area contributed by atoms with Gasteiger partial charge < -0.3 is 16.2 Å². The van der Waals surface area contributed by atoms with Gasteiger partial charge in [-0.2, -0.15) is 0 Å². The van der Waals surface area contributed by atoms with Crippen LogP contribution in [0.2, 0.25) is 0 Å².